The van der Waals surface area contributed by atoms with Gasteiger partial charge in [-0.1, -0.05) is 113 Å². The lowest BCUT2D eigenvalue weighted by molar-refractivity contribution is -0.211. The van der Waals surface area contributed by atoms with Gasteiger partial charge in [0.25, 0.3) is 0 Å². The van der Waals surface area contributed by atoms with Gasteiger partial charge in [-0.2, -0.15) is 0 Å². The SMILES string of the molecule is [N-]=[N+]=Nc1ccc(COC[C@H]2O[C@@H](Sc3ccccc3)[C@H](OC(=O)c3ccccc3)[C@@H](OC(=O)c3ccccc3)[C@@H]2OC(=O)c2ccccc2)cc1Cl. The molecule has 0 amide bonds. The normalized spacial score (nSPS) is 19.3. The highest BCUT2D eigenvalue weighted by atomic mass is 35.5. The summed E-state index contributed by atoms with van der Waals surface area (Å²) in [6, 6.07) is 39.2. The molecule has 13 heteroatoms. The predicted molar refractivity (Wildman–Crippen MR) is 198 cm³/mol. The maximum absolute atomic E-state index is 13.8. The molecule has 0 unspecified atom stereocenters. The summed E-state index contributed by atoms with van der Waals surface area (Å²) in [6.07, 6.45) is -4.96. The van der Waals surface area contributed by atoms with E-state index in [1.165, 1.54) is 11.8 Å². The van der Waals surface area contributed by atoms with E-state index in [1.807, 2.05) is 30.3 Å². The van der Waals surface area contributed by atoms with Gasteiger partial charge in [-0.15, -0.1) is 0 Å². The average Bonchev–Trinajstić information content (AvgIpc) is 3.19. The molecule has 1 aliphatic rings. The molecule has 0 radical (unpaired) electrons. The summed E-state index contributed by atoms with van der Waals surface area (Å²) in [6.45, 7) is -0.0973. The molecule has 5 aromatic carbocycles. The van der Waals surface area contributed by atoms with Crippen LogP contribution in [0.15, 0.2) is 150 Å². The van der Waals surface area contributed by atoms with Crippen LogP contribution in [0.1, 0.15) is 36.6 Å². The Morgan fingerprint density at radius 1 is 0.679 bits per heavy atom. The number of nitrogens with zero attached hydrogens (tertiary/aromatic N) is 3. The van der Waals surface area contributed by atoms with Crippen molar-refractivity contribution in [3.63, 3.8) is 0 Å². The van der Waals surface area contributed by atoms with Crippen molar-refractivity contribution in [1.82, 2.24) is 0 Å². The van der Waals surface area contributed by atoms with Gasteiger partial charge in [-0.05, 0) is 65.7 Å². The molecule has 0 bridgehead atoms. The Balaban J connectivity index is 1.38. The first kappa shape index (κ1) is 37.1. The van der Waals surface area contributed by atoms with Gasteiger partial charge in [0.2, 0.25) is 0 Å². The Kier molecular flexibility index (Phi) is 12.8. The van der Waals surface area contributed by atoms with E-state index in [0.29, 0.717) is 5.56 Å². The maximum atomic E-state index is 13.8. The maximum Gasteiger partial charge on any atom is 0.338 e. The predicted octanol–water partition coefficient (Wildman–Crippen LogP) is 8.99. The highest BCUT2D eigenvalue weighted by Gasteiger charge is 2.53. The molecule has 0 aromatic heterocycles. The first-order chi connectivity index (χ1) is 25.9. The minimum absolute atomic E-state index is 0.0485. The zero-order valence-corrected chi connectivity index (χ0v) is 29.5. The lowest BCUT2D eigenvalue weighted by Crippen LogP contribution is -2.61. The molecule has 1 fully saturated rings. The molecule has 1 heterocycles. The number of rotatable bonds is 13. The Morgan fingerprint density at radius 3 is 1.68 bits per heavy atom. The number of thioether (sulfide) groups is 1. The third-order valence-corrected chi connectivity index (χ3v) is 9.52. The van der Waals surface area contributed by atoms with Crippen molar-refractivity contribution in [2.24, 2.45) is 5.11 Å². The van der Waals surface area contributed by atoms with E-state index < -0.39 is 47.8 Å². The van der Waals surface area contributed by atoms with E-state index in [9.17, 15) is 14.4 Å². The van der Waals surface area contributed by atoms with Crippen molar-refractivity contribution in [2.75, 3.05) is 6.61 Å². The molecule has 0 N–H and O–H groups in total. The second kappa shape index (κ2) is 18.2. The zero-order chi connectivity index (χ0) is 37.0. The number of ether oxygens (including phenoxy) is 5. The summed E-state index contributed by atoms with van der Waals surface area (Å²) >= 11 is 7.55. The van der Waals surface area contributed by atoms with Crippen molar-refractivity contribution in [2.45, 2.75) is 41.4 Å². The highest BCUT2D eigenvalue weighted by molar-refractivity contribution is 7.99. The van der Waals surface area contributed by atoms with E-state index in [-0.39, 0.29) is 40.6 Å². The standard InChI is InChI=1S/C40H32ClN3O8S/c41-31-23-26(21-22-32(31)43-44-42)24-48-25-33-34(50-37(45)27-13-5-1-6-14-27)35(51-38(46)28-15-7-2-8-16-28)36(52-39(47)29-17-9-3-10-18-29)40(49-33)53-30-19-11-4-12-20-30/h1-23,33-36,40H,24-25H2/t33-,34-,35+,36-,40+/m1/s1. The molecule has 5 atom stereocenters. The molecule has 11 nitrogen and oxygen atoms in total. The first-order valence-electron chi connectivity index (χ1n) is 16.5. The van der Waals surface area contributed by atoms with Gasteiger partial charge in [0.05, 0.1) is 40.6 Å². The van der Waals surface area contributed by atoms with Gasteiger partial charge >= 0.3 is 17.9 Å². The number of azide groups is 1. The van der Waals surface area contributed by atoms with Crippen LogP contribution in [0.3, 0.4) is 0 Å². The Bertz CT molecular complexity index is 2050. The van der Waals surface area contributed by atoms with Gasteiger partial charge in [0.1, 0.15) is 11.5 Å². The van der Waals surface area contributed by atoms with Crippen molar-refractivity contribution in [3.05, 3.63) is 177 Å². The van der Waals surface area contributed by atoms with Crippen LogP contribution in [0.2, 0.25) is 5.02 Å². The minimum atomic E-state index is -1.36. The van der Waals surface area contributed by atoms with E-state index in [2.05, 4.69) is 10.0 Å². The lowest BCUT2D eigenvalue weighted by Gasteiger charge is -2.44. The molecule has 53 heavy (non-hydrogen) atoms. The van der Waals surface area contributed by atoms with Crippen LogP contribution in [-0.2, 0) is 30.3 Å². The molecule has 6 rings (SSSR count). The summed E-state index contributed by atoms with van der Waals surface area (Å²) in [4.78, 5) is 44.7. The molecule has 5 aromatic rings. The summed E-state index contributed by atoms with van der Waals surface area (Å²) < 4.78 is 31.2. The second-order valence-electron chi connectivity index (χ2n) is 11.7. The average molecular weight is 750 g/mol. The van der Waals surface area contributed by atoms with Crippen LogP contribution in [0.25, 0.3) is 10.4 Å². The summed E-state index contributed by atoms with van der Waals surface area (Å²) in [5.41, 5.74) is 9.51. The molecular formula is C40H32ClN3O8S. The molecule has 268 valence electrons. The Hall–Kier alpha value is -5.62. The number of benzene rings is 5. The van der Waals surface area contributed by atoms with E-state index in [0.717, 1.165) is 4.90 Å². The Labute approximate surface area is 314 Å². The number of hydrogen-bond donors (Lipinski definition) is 0. The quantitative estimate of drug-likeness (QED) is 0.0378. The summed E-state index contributed by atoms with van der Waals surface area (Å²) in [5.74, 6) is -2.13. The third-order valence-electron chi connectivity index (χ3n) is 8.06. The lowest BCUT2D eigenvalue weighted by atomic mass is 9.98. The fraction of sp³-hybridized carbons (Fsp3) is 0.175. The van der Waals surface area contributed by atoms with Crippen LogP contribution >= 0.6 is 23.4 Å². The molecule has 0 saturated carbocycles. The number of esters is 3. The zero-order valence-electron chi connectivity index (χ0n) is 28.0. The topological polar surface area (TPSA) is 146 Å². The van der Waals surface area contributed by atoms with Gasteiger partial charge in [-0.25, -0.2) is 14.4 Å². The monoisotopic (exact) mass is 749 g/mol. The van der Waals surface area contributed by atoms with Gasteiger partial charge in [-0.3, -0.25) is 0 Å². The second-order valence-corrected chi connectivity index (χ2v) is 13.3. The Morgan fingerprint density at radius 2 is 1.17 bits per heavy atom. The van der Waals surface area contributed by atoms with Crippen molar-refractivity contribution < 1.29 is 38.1 Å². The van der Waals surface area contributed by atoms with Crippen molar-refractivity contribution in [3.8, 4) is 0 Å². The number of carbonyl (C=O) groups is 3. The van der Waals surface area contributed by atoms with Crippen LogP contribution in [0, 0.1) is 0 Å². The van der Waals surface area contributed by atoms with Crippen LogP contribution in [0.5, 0.6) is 0 Å². The van der Waals surface area contributed by atoms with Crippen molar-refractivity contribution >= 4 is 47.0 Å². The highest BCUT2D eigenvalue weighted by Crippen LogP contribution is 2.38. The number of hydrogen-bond acceptors (Lipinski definition) is 10. The van der Waals surface area contributed by atoms with Crippen LogP contribution < -0.4 is 0 Å². The molecule has 1 aliphatic heterocycles. The fourth-order valence-corrected chi connectivity index (χ4v) is 6.87. The molecule has 0 aliphatic carbocycles. The third kappa shape index (κ3) is 9.83. The van der Waals surface area contributed by atoms with E-state index >= 15 is 0 Å². The van der Waals surface area contributed by atoms with E-state index in [4.69, 9.17) is 40.8 Å². The van der Waals surface area contributed by atoms with Gasteiger partial charge < -0.3 is 23.7 Å². The molecular weight excluding hydrogens is 718 g/mol. The van der Waals surface area contributed by atoms with Crippen LogP contribution in [0.4, 0.5) is 5.69 Å². The number of halogens is 1. The fourth-order valence-electron chi connectivity index (χ4n) is 5.50. The summed E-state index contributed by atoms with van der Waals surface area (Å²) in [7, 11) is 0. The van der Waals surface area contributed by atoms with Gasteiger partial charge in [0.15, 0.2) is 18.3 Å². The van der Waals surface area contributed by atoms with E-state index in [1.54, 1.807) is 109 Å². The first-order valence-corrected chi connectivity index (χ1v) is 17.7. The molecule has 0 spiro atoms. The van der Waals surface area contributed by atoms with Crippen molar-refractivity contribution in [1.29, 1.82) is 0 Å². The van der Waals surface area contributed by atoms with Crippen LogP contribution in [-0.4, -0.2) is 54.4 Å². The minimum Gasteiger partial charge on any atom is -0.452 e. The number of carbonyl (C=O) groups excluding carboxylic acids is 3. The van der Waals surface area contributed by atoms with Gasteiger partial charge in [0, 0.05) is 9.81 Å². The largest absolute Gasteiger partial charge is 0.452 e. The molecule has 1 saturated heterocycles. The smallest absolute Gasteiger partial charge is 0.338 e. The summed E-state index contributed by atoms with van der Waals surface area (Å²) in [5, 5.41) is 3.81.